The van der Waals surface area contributed by atoms with E-state index in [9.17, 15) is 8.42 Å². The second kappa shape index (κ2) is 6.69. The fourth-order valence-electron chi connectivity index (χ4n) is 4.05. The van der Waals surface area contributed by atoms with Crippen molar-refractivity contribution in [2.45, 2.75) is 55.7 Å². The van der Waals surface area contributed by atoms with Crippen molar-refractivity contribution in [3.05, 3.63) is 18.2 Å². The monoisotopic (exact) mass is 379 g/mol. The Morgan fingerprint density at radius 2 is 1.88 bits per heavy atom. The van der Waals surface area contributed by atoms with Crippen LogP contribution in [0.4, 0.5) is 5.69 Å². The highest BCUT2D eigenvalue weighted by Crippen LogP contribution is 2.42. The maximum Gasteiger partial charge on any atom is 0.249 e. The lowest BCUT2D eigenvalue weighted by atomic mass is 10.2. The highest BCUT2D eigenvalue weighted by atomic mass is 32.2. The first-order valence-electron chi connectivity index (χ1n) is 9.61. The van der Waals surface area contributed by atoms with Gasteiger partial charge in [0.05, 0.1) is 11.8 Å². The molecule has 0 aromatic heterocycles. The van der Waals surface area contributed by atoms with Crippen molar-refractivity contribution in [1.29, 1.82) is 0 Å². The number of hydrogen-bond donors (Lipinski definition) is 0. The van der Waals surface area contributed by atoms with Crippen molar-refractivity contribution >= 4 is 15.7 Å². The predicted molar refractivity (Wildman–Crippen MR) is 102 cm³/mol. The topological polar surface area (TPSA) is 53.1 Å². The zero-order valence-corrected chi connectivity index (χ0v) is 16.7. The molecule has 2 atom stereocenters. The van der Waals surface area contributed by atoms with Gasteiger partial charge in [0, 0.05) is 31.7 Å². The number of nitrogens with zero attached hydrogens (tertiary/aromatic N) is 3. The van der Waals surface area contributed by atoms with Gasteiger partial charge in [-0.05, 0) is 58.8 Å². The minimum Gasteiger partial charge on any atom is -0.489 e. The molecule has 4 rings (SSSR count). The van der Waals surface area contributed by atoms with Crippen LogP contribution in [0.15, 0.2) is 23.1 Å². The van der Waals surface area contributed by atoms with Crippen molar-refractivity contribution in [3.8, 4) is 5.75 Å². The van der Waals surface area contributed by atoms with Crippen LogP contribution in [-0.2, 0) is 10.0 Å². The maximum atomic E-state index is 13.6. The van der Waals surface area contributed by atoms with E-state index in [4.69, 9.17) is 4.74 Å². The molecule has 1 saturated heterocycles. The summed E-state index contributed by atoms with van der Waals surface area (Å²) in [5.74, 6) is 0.508. The van der Waals surface area contributed by atoms with Crippen LogP contribution in [0, 0.1) is 0 Å². The zero-order chi connectivity index (χ0) is 18.5. The SMILES string of the molecule is C[C@@H]1CCN(C2CC2)S(=O)(=O)c2c(cccc2N2CC[C@@H](N(C)C)C2)O1. The van der Waals surface area contributed by atoms with E-state index in [1.54, 1.807) is 4.31 Å². The van der Waals surface area contributed by atoms with E-state index >= 15 is 0 Å². The largest absolute Gasteiger partial charge is 0.489 e. The Hall–Kier alpha value is -1.31. The first-order valence-corrected chi connectivity index (χ1v) is 11.0. The Kier molecular flexibility index (Phi) is 4.65. The third-order valence-electron chi connectivity index (χ3n) is 5.80. The first-order chi connectivity index (χ1) is 12.4. The van der Waals surface area contributed by atoms with Crippen LogP contribution in [0.2, 0.25) is 0 Å². The quantitative estimate of drug-likeness (QED) is 0.806. The van der Waals surface area contributed by atoms with Gasteiger partial charge in [0.25, 0.3) is 0 Å². The average Bonchev–Trinajstić information content (AvgIpc) is 3.27. The first kappa shape index (κ1) is 18.1. The lowest BCUT2D eigenvalue weighted by molar-refractivity contribution is 0.186. The number of sulfonamides is 1. The van der Waals surface area contributed by atoms with Gasteiger partial charge in [-0.2, -0.15) is 4.31 Å². The highest BCUT2D eigenvalue weighted by Gasteiger charge is 2.42. The van der Waals surface area contributed by atoms with E-state index in [-0.39, 0.29) is 12.1 Å². The molecule has 1 aromatic carbocycles. The van der Waals surface area contributed by atoms with Gasteiger partial charge < -0.3 is 14.5 Å². The summed E-state index contributed by atoms with van der Waals surface area (Å²) < 4.78 is 34.9. The van der Waals surface area contributed by atoms with Crippen molar-refractivity contribution in [2.24, 2.45) is 0 Å². The molecule has 1 aromatic rings. The summed E-state index contributed by atoms with van der Waals surface area (Å²) in [6.07, 6.45) is 3.72. The molecule has 7 heteroatoms. The van der Waals surface area contributed by atoms with E-state index in [0.29, 0.717) is 23.2 Å². The van der Waals surface area contributed by atoms with Crippen LogP contribution < -0.4 is 9.64 Å². The molecule has 0 unspecified atom stereocenters. The van der Waals surface area contributed by atoms with Crippen LogP contribution in [0.5, 0.6) is 5.75 Å². The van der Waals surface area contributed by atoms with Crippen LogP contribution in [0.1, 0.15) is 32.6 Å². The second-order valence-electron chi connectivity index (χ2n) is 8.02. The number of rotatable bonds is 3. The fourth-order valence-corrected chi connectivity index (χ4v) is 6.07. The maximum absolute atomic E-state index is 13.6. The Labute approximate surface area is 156 Å². The summed E-state index contributed by atoms with van der Waals surface area (Å²) in [6, 6.07) is 6.28. The van der Waals surface area contributed by atoms with E-state index < -0.39 is 10.0 Å². The number of anilines is 1. The van der Waals surface area contributed by atoms with Crippen molar-refractivity contribution in [3.63, 3.8) is 0 Å². The van der Waals surface area contributed by atoms with Crippen LogP contribution >= 0.6 is 0 Å². The van der Waals surface area contributed by atoms with Gasteiger partial charge >= 0.3 is 0 Å². The molecular weight excluding hydrogens is 350 g/mol. The number of hydrogen-bond acceptors (Lipinski definition) is 5. The Morgan fingerprint density at radius 1 is 1.12 bits per heavy atom. The minimum absolute atomic E-state index is 0.00820. The van der Waals surface area contributed by atoms with Crippen LogP contribution in [0.25, 0.3) is 0 Å². The normalized spacial score (nSPS) is 29.2. The number of ether oxygens (including phenoxy) is 1. The van der Waals surface area contributed by atoms with Gasteiger partial charge in [0.15, 0.2) is 0 Å². The Balaban J connectivity index is 1.78. The van der Waals surface area contributed by atoms with Gasteiger partial charge in [-0.1, -0.05) is 6.07 Å². The van der Waals surface area contributed by atoms with Gasteiger partial charge in [0.2, 0.25) is 10.0 Å². The molecule has 0 N–H and O–H groups in total. The van der Waals surface area contributed by atoms with E-state index in [1.807, 2.05) is 25.1 Å². The molecule has 144 valence electrons. The summed E-state index contributed by atoms with van der Waals surface area (Å²) >= 11 is 0. The van der Waals surface area contributed by atoms with Crippen molar-refractivity contribution < 1.29 is 13.2 Å². The predicted octanol–water partition coefficient (Wildman–Crippen LogP) is 2.15. The van der Waals surface area contributed by atoms with Gasteiger partial charge in [-0.25, -0.2) is 8.42 Å². The van der Waals surface area contributed by atoms with Gasteiger partial charge in [-0.3, -0.25) is 0 Å². The van der Waals surface area contributed by atoms with E-state index in [0.717, 1.165) is 44.5 Å². The zero-order valence-electron chi connectivity index (χ0n) is 15.9. The van der Waals surface area contributed by atoms with Crippen molar-refractivity contribution in [2.75, 3.05) is 38.6 Å². The molecule has 0 spiro atoms. The van der Waals surface area contributed by atoms with Crippen LogP contribution in [-0.4, -0.2) is 69.5 Å². The Morgan fingerprint density at radius 3 is 2.54 bits per heavy atom. The summed E-state index contributed by atoms with van der Waals surface area (Å²) in [5, 5.41) is 0. The smallest absolute Gasteiger partial charge is 0.249 e. The Bertz CT molecular complexity index is 776. The average molecular weight is 380 g/mol. The van der Waals surface area contributed by atoms with E-state index in [1.165, 1.54) is 0 Å². The van der Waals surface area contributed by atoms with E-state index in [2.05, 4.69) is 23.9 Å². The third kappa shape index (κ3) is 3.21. The molecule has 2 heterocycles. The molecule has 6 nitrogen and oxygen atoms in total. The summed E-state index contributed by atoms with van der Waals surface area (Å²) in [7, 11) is 0.611. The highest BCUT2D eigenvalue weighted by molar-refractivity contribution is 7.89. The minimum atomic E-state index is -3.56. The molecule has 3 aliphatic rings. The number of likely N-dealkylation sites (N-methyl/N-ethyl adjacent to an activating group) is 1. The summed E-state index contributed by atoms with van der Waals surface area (Å²) in [5.41, 5.74) is 0.798. The molecular formula is C19H29N3O3S. The molecule has 0 bridgehead atoms. The molecule has 26 heavy (non-hydrogen) atoms. The second-order valence-corrected chi connectivity index (χ2v) is 9.85. The van der Waals surface area contributed by atoms with Gasteiger partial charge in [0.1, 0.15) is 10.6 Å². The lowest BCUT2D eigenvalue weighted by Crippen LogP contribution is -2.39. The molecule has 2 fully saturated rings. The molecule has 0 radical (unpaired) electrons. The van der Waals surface area contributed by atoms with Crippen molar-refractivity contribution in [1.82, 2.24) is 9.21 Å². The summed E-state index contributed by atoms with van der Waals surface area (Å²) in [4.78, 5) is 4.80. The fraction of sp³-hybridized carbons (Fsp3) is 0.684. The molecule has 1 aliphatic carbocycles. The number of benzene rings is 1. The standard InChI is InChI=1S/C19H29N3O3S/c1-14-9-12-22(15-7-8-15)26(23,24)19-17(5-4-6-18(19)25-14)21-11-10-16(13-21)20(2)3/h4-6,14-16H,7-13H2,1-3H3/t14-,16-/m1/s1. The molecule has 1 saturated carbocycles. The van der Waals surface area contributed by atoms with Gasteiger partial charge in [-0.15, -0.1) is 0 Å². The third-order valence-corrected chi connectivity index (χ3v) is 7.82. The molecule has 2 aliphatic heterocycles. The number of fused-ring (bicyclic) bond motifs is 1. The summed E-state index contributed by atoms with van der Waals surface area (Å²) in [6.45, 7) is 4.28. The molecule has 0 amide bonds. The van der Waals surface area contributed by atoms with Crippen LogP contribution in [0.3, 0.4) is 0 Å². The lowest BCUT2D eigenvalue weighted by Gasteiger charge is -2.32.